The van der Waals surface area contributed by atoms with Gasteiger partial charge >= 0.3 is 0 Å². The van der Waals surface area contributed by atoms with Crippen molar-refractivity contribution in [3.63, 3.8) is 0 Å². The molecule has 0 aliphatic carbocycles. The molecule has 19 heavy (non-hydrogen) atoms. The molecule has 0 aliphatic rings. The standard InChI is InChI=1S/C13H15N3O3/c1-8-12(9(2)19-15-8)11-7-10(5-6-14-11)13(17)16(3)18-4/h5-7H,1-4H3. The molecule has 0 atom stereocenters. The molecule has 0 bridgehead atoms. The lowest BCUT2D eigenvalue weighted by atomic mass is 10.1. The molecule has 2 aromatic heterocycles. The molecule has 100 valence electrons. The van der Waals surface area contributed by atoms with E-state index in [9.17, 15) is 4.79 Å². The highest BCUT2D eigenvalue weighted by molar-refractivity contribution is 5.94. The highest BCUT2D eigenvalue weighted by Gasteiger charge is 2.16. The molecule has 0 radical (unpaired) electrons. The fourth-order valence-electron chi connectivity index (χ4n) is 1.81. The Kier molecular flexibility index (Phi) is 3.62. The number of hydroxylamine groups is 2. The molecule has 0 unspecified atom stereocenters. The summed E-state index contributed by atoms with van der Waals surface area (Å²) in [6.07, 6.45) is 1.58. The van der Waals surface area contributed by atoms with E-state index in [1.54, 1.807) is 25.4 Å². The van der Waals surface area contributed by atoms with Crippen LogP contribution in [0.15, 0.2) is 22.9 Å². The van der Waals surface area contributed by atoms with Crippen molar-refractivity contribution < 1.29 is 14.2 Å². The second-order valence-corrected chi connectivity index (χ2v) is 4.11. The Morgan fingerprint density at radius 1 is 1.42 bits per heavy atom. The number of carbonyl (C=O) groups excluding carboxylic acids is 1. The van der Waals surface area contributed by atoms with Gasteiger partial charge in [0.25, 0.3) is 5.91 Å². The summed E-state index contributed by atoms with van der Waals surface area (Å²) in [5.41, 5.74) is 2.71. The molecule has 1 amide bonds. The first kappa shape index (κ1) is 13.2. The summed E-state index contributed by atoms with van der Waals surface area (Å²) in [7, 11) is 2.99. The molecule has 0 spiro atoms. The average molecular weight is 261 g/mol. The monoisotopic (exact) mass is 261 g/mol. The Balaban J connectivity index is 2.43. The van der Waals surface area contributed by atoms with Gasteiger partial charge in [-0.25, -0.2) is 5.06 Å². The van der Waals surface area contributed by atoms with Crippen LogP contribution in [0.4, 0.5) is 0 Å². The zero-order chi connectivity index (χ0) is 14.0. The summed E-state index contributed by atoms with van der Waals surface area (Å²) in [6.45, 7) is 3.65. The minimum absolute atomic E-state index is 0.238. The van der Waals surface area contributed by atoms with Crippen LogP contribution >= 0.6 is 0 Å². The van der Waals surface area contributed by atoms with Crippen LogP contribution < -0.4 is 0 Å². The predicted molar refractivity (Wildman–Crippen MR) is 68.3 cm³/mol. The summed E-state index contributed by atoms with van der Waals surface area (Å²) in [5, 5.41) is 5.04. The molecule has 0 saturated carbocycles. The normalized spacial score (nSPS) is 10.5. The summed E-state index contributed by atoms with van der Waals surface area (Å²) >= 11 is 0. The summed E-state index contributed by atoms with van der Waals surface area (Å²) in [6, 6.07) is 3.34. The maximum absolute atomic E-state index is 12.0. The van der Waals surface area contributed by atoms with Crippen molar-refractivity contribution in [2.75, 3.05) is 14.2 Å². The SMILES string of the molecule is CON(C)C(=O)c1ccnc(-c2c(C)noc2C)c1. The molecule has 6 nitrogen and oxygen atoms in total. The third-order valence-electron chi connectivity index (χ3n) is 2.86. The predicted octanol–water partition coefficient (Wildman–Crippen LogP) is 1.99. The van der Waals surface area contributed by atoms with E-state index in [2.05, 4.69) is 10.1 Å². The molecule has 0 fully saturated rings. The Bertz CT molecular complexity index is 587. The first-order valence-corrected chi connectivity index (χ1v) is 5.76. The lowest BCUT2D eigenvalue weighted by Crippen LogP contribution is -2.25. The van der Waals surface area contributed by atoms with E-state index in [4.69, 9.17) is 9.36 Å². The van der Waals surface area contributed by atoms with Crippen LogP contribution in [0.3, 0.4) is 0 Å². The zero-order valence-corrected chi connectivity index (χ0v) is 11.3. The molecule has 2 rings (SSSR count). The van der Waals surface area contributed by atoms with Crippen molar-refractivity contribution in [2.24, 2.45) is 0 Å². The highest BCUT2D eigenvalue weighted by atomic mass is 16.7. The van der Waals surface area contributed by atoms with Crippen LogP contribution in [0.25, 0.3) is 11.3 Å². The van der Waals surface area contributed by atoms with Gasteiger partial charge in [-0.15, -0.1) is 0 Å². The first-order valence-electron chi connectivity index (χ1n) is 5.76. The number of aryl methyl sites for hydroxylation is 2. The number of carbonyl (C=O) groups is 1. The van der Waals surface area contributed by atoms with E-state index < -0.39 is 0 Å². The van der Waals surface area contributed by atoms with E-state index in [-0.39, 0.29) is 5.91 Å². The Hall–Kier alpha value is -2.21. The van der Waals surface area contributed by atoms with Crippen LogP contribution in [-0.4, -0.2) is 35.3 Å². The Morgan fingerprint density at radius 2 is 2.16 bits per heavy atom. The average Bonchev–Trinajstić information content (AvgIpc) is 2.76. The van der Waals surface area contributed by atoms with Crippen LogP contribution in [-0.2, 0) is 4.84 Å². The van der Waals surface area contributed by atoms with Gasteiger partial charge in [0, 0.05) is 18.8 Å². The molecule has 0 N–H and O–H groups in total. The molecule has 6 heteroatoms. The van der Waals surface area contributed by atoms with Crippen molar-refractivity contribution in [2.45, 2.75) is 13.8 Å². The number of hydrogen-bond acceptors (Lipinski definition) is 5. The second kappa shape index (κ2) is 5.19. The second-order valence-electron chi connectivity index (χ2n) is 4.11. The van der Waals surface area contributed by atoms with E-state index in [0.29, 0.717) is 17.0 Å². The van der Waals surface area contributed by atoms with Crippen molar-refractivity contribution in [3.05, 3.63) is 35.3 Å². The van der Waals surface area contributed by atoms with Crippen molar-refractivity contribution in [1.29, 1.82) is 0 Å². The van der Waals surface area contributed by atoms with Crippen molar-refractivity contribution in [1.82, 2.24) is 15.2 Å². The van der Waals surface area contributed by atoms with E-state index in [1.165, 1.54) is 7.11 Å². The first-order chi connectivity index (χ1) is 9.04. The number of nitrogens with zero attached hydrogens (tertiary/aromatic N) is 3. The molecule has 0 aromatic carbocycles. The smallest absolute Gasteiger partial charge is 0.277 e. The topological polar surface area (TPSA) is 68.5 Å². The van der Waals surface area contributed by atoms with E-state index in [1.807, 2.05) is 13.8 Å². The molecule has 2 heterocycles. The minimum Gasteiger partial charge on any atom is -0.361 e. The largest absolute Gasteiger partial charge is 0.361 e. The summed E-state index contributed by atoms with van der Waals surface area (Å²) in [4.78, 5) is 21.1. The Morgan fingerprint density at radius 3 is 2.74 bits per heavy atom. The summed E-state index contributed by atoms with van der Waals surface area (Å²) < 4.78 is 5.11. The molecule has 0 aliphatic heterocycles. The van der Waals surface area contributed by atoms with Crippen molar-refractivity contribution >= 4 is 5.91 Å². The van der Waals surface area contributed by atoms with Gasteiger partial charge in [0.2, 0.25) is 0 Å². The minimum atomic E-state index is -0.238. The zero-order valence-electron chi connectivity index (χ0n) is 11.3. The lowest BCUT2D eigenvalue weighted by Gasteiger charge is -2.13. The van der Waals surface area contributed by atoms with Gasteiger partial charge in [-0.2, -0.15) is 0 Å². The van der Waals surface area contributed by atoms with E-state index >= 15 is 0 Å². The molecule has 2 aromatic rings. The number of hydrogen-bond donors (Lipinski definition) is 0. The molecular formula is C13H15N3O3. The number of amides is 1. The van der Waals surface area contributed by atoms with Gasteiger partial charge in [0.15, 0.2) is 0 Å². The van der Waals surface area contributed by atoms with Crippen molar-refractivity contribution in [3.8, 4) is 11.3 Å². The van der Waals surface area contributed by atoms with Gasteiger partial charge in [-0.05, 0) is 26.0 Å². The van der Waals surface area contributed by atoms with Crippen LogP contribution in [0.1, 0.15) is 21.8 Å². The highest BCUT2D eigenvalue weighted by Crippen LogP contribution is 2.25. The molecule has 0 saturated heterocycles. The number of aromatic nitrogens is 2. The maximum Gasteiger partial charge on any atom is 0.277 e. The van der Waals surface area contributed by atoms with Gasteiger partial charge in [0.1, 0.15) is 5.76 Å². The quantitative estimate of drug-likeness (QED) is 0.790. The lowest BCUT2D eigenvalue weighted by molar-refractivity contribution is -0.0757. The molecular weight excluding hydrogens is 246 g/mol. The fraction of sp³-hybridized carbons (Fsp3) is 0.308. The van der Waals surface area contributed by atoms with Crippen LogP contribution in [0.2, 0.25) is 0 Å². The van der Waals surface area contributed by atoms with Gasteiger partial charge in [0.05, 0.1) is 24.1 Å². The van der Waals surface area contributed by atoms with Gasteiger partial charge in [-0.1, -0.05) is 5.16 Å². The van der Waals surface area contributed by atoms with E-state index in [0.717, 1.165) is 16.3 Å². The van der Waals surface area contributed by atoms with Gasteiger partial charge < -0.3 is 4.52 Å². The summed E-state index contributed by atoms with van der Waals surface area (Å²) in [5.74, 6) is 0.438. The third-order valence-corrected chi connectivity index (χ3v) is 2.86. The maximum atomic E-state index is 12.0. The fourth-order valence-corrected chi connectivity index (χ4v) is 1.81. The van der Waals surface area contributed by atoms with Crippen LogP contribution in [0, 0.1) is 13.8 Å². The third kappa shape index (κ3) is 2.48. The Labute approximate surface area is 110 Å². The van der Waals surface area contributed by atoms with Crippen LogP contribution in [0.5, 0.6) is 0 Å². The van der Waals surface area contributed by atoms with Gasteiger partial charge in [-0.3, -0.25) is 14.6 Å². The number of rotatable bonds is 3. The number of pyridine rings is 1.